The third kappa shape index (κ3) is 2.57. The highest BCUT2D eigenvalue weighted by Gasteiger charge is 2.30. The van der Waals surface area contributed by atoms with Gasteiger partial charge < -0.3 is 5.32 Å². The molecule has 1 saturated heterocycles. The van der Waals surface area contributed by atoms with Crippen LogP contribution in [0.3, 0.4) is 0 Å². The largest absolute Gasteiger partial charge is 0.416 e. The van der Waals surface area contributed by atoms with Gasteiger partial charge in [0, 0.05) is 17.5 Å². The second-order valence-electron chi connectivity index (χ2n) is 6.03. The van der Waals surface area contributed by atoms with Crippen molar-refractivity contribution in [3.05, 3.63) is 54.1 Å². The Hall–Kier alpha value is -2.34. The normalized spacial score (nSPS) is 18.4. The summed E-state index contributed by atoms with van der Waals surface area (Å²) in [7, 11) is 0. The maximum absolute atomic E-state index is 12.8. The van der Waals surface area contributed by atoms with Crippen LogP contribution in [0.2, 0.25) is 0 Å². The van der Waals surface area contributed by atoms with Crippen LogP contribution in [0.5, 0.6) is 0 Å². The van der Waals surface area contributed by atoms with Crippen molar-refractivity contribution in [2.75, 3.05) is 13.1 Å². The molecule has 1 N–H and O–H groups in total. The first-order valence-electron chi connectivity index (χ1n) is 7.89. The lowest BCUT2D eigenvalue weighted by molar-refractivity contribution is -0.137. The third-order valence-electron chi connectivity index (χ3n) is 4.48. The number of nitrogens with zero attached hydrogens (tertiary/aromatic N) is 2. The van der Waals surface area contributed by atoms with E-state index in [2.05, 4.69) is 5.32 Å². The van der Waals surface area contributed by atoms with Gasteiger partial charge in [0.25, 0.3) is 0 Å². The standard InChI is InChI=1S/C18H16F3N3/c19-18(20,21)13-7-5-12(6-8-13)17-15-3-1-2-4-16(15)24(23-17)14-9-10-22-11-14/h1-8,14,22H,9-11H2. The molecule has 124 valence electrons. The van der Waals surface area contributed by atoms with Gasteiger partial charge in [-0.2, -0.15) is 18.3 Å². The van der Waals surface area contributed by atoms with E-state index < -0.39 is 11.7 Å². The van der Waals surface area contributed by atoms with Crippen LogP contribution in [0.1, 0.15) is 18.0 Å². The summed E-state index contributed by atoms with van der Waals surface area (Å²) in [6, 6.07) is 13.3. The Labute approximate surface area is 137 Å². The first kappa shape index (κ1) is 15.2. The Morgan fingerprint density at radius 1 is 1.04 bits per heavy atom. The summed E-state index contributed by atoms with van der Waals surface area (Å²) in [5.74, 6) is 0. The van der Waals surface area contributed by atoms with Crippen molar-refractivity contribution in [2.24, 2.45) is 0 Å². The molecule has 3 aromatic rings. The van der Waals surface area contributed by atoms with E-state index in [1.807, 2.05) is 28.9 Å². The van der Waals surface area contributed by atoms with E-state index in [-0.39, 0.29) is 6.04 Å². The Morgan fingerprint density at radius 3 is 2.46 bits per heavy atom. The number of alkyl halides is 3. The summed E-state index contributed by atoms with van der Waals surface area (Å²) in [5, 5.41) is 9.01. The predicted octanol–water partition coefficient (Wildman–Crippen LogP) is 4.26. The smallest absolute Gasteiger partial charge is 0.315 e. The fourth-order valence-corrected chi connectivity index (χ4v) is 3.25. The van der Waals surface area contributed by atoms with Crippen LogP contribution in [-0.4, -0.2) is 22.9 Å². The van der Waals surface area contributed by atoms with Crippen molar-refractivity contribution < 1.29 is 13.2 Å². The van der Waals surface area contributed by atoms with Gasteiger partial charge in [0.1, 0.15) is 5.69 Å². The Morgan fingerprint density at radius 2 is 1.79 bits per heavy atom. The molecule has 1 atom stereocenters. The molecule has 0 spiro atoms. The van der Waals surface area contributed by atoms with Gasteiger partial charge in [0.05, 0.1) is 17.1 Å². The van der Waals surface area contributed by atoms with Gasteiger partial charge in [-0.3, -0.25) is 4.68 Å². The first-order chi connectivity index (χ1) is 11.5. The van der Waals surface area contributed by atoms with Crippen LogP contribution in [0.25, 0.3) is 22.2 Å². The number of rotatable bonds is 2. The van der Waals surface area contributed by atoms with Gasteiger partial charge in [-0.25, -0.2) is 0 Å². The van der Waals surface area contributed by atoms with Crippen LogP contribution >= 0.6 is 0 Å². The Kier molecular flexibility index (Phi) is 3.57. The summed E-state index contributed by atoms with van der Waals surface area (Å²) in [6.07, 6.45) is -3.33. The quantitative estimate of drug-likeness (QED) is 0.760. The van der Waals surface area contributed by atoms with Gasteiger partial charge >= 0.3 is 6.18 Å². The zero-order valence-electron chi connectivity index (χ0n) is 12.8. The number of nitrogens with one attached hydrogen (secondary N) is 1. The van der Waals surface area contributed by atoms with Gasteiger partial charge in [-0.15, -0.1) is 0 Å². The lowest BCUT2D eigenvalue weighted by Gasteiger charge is -2.10. The van der Waals surface area contributed by atoms with Crippen molar-refractivity contribution in [1.82, 2.24) is 15.1 Å². The van der Waals surface area contributed by atoms with Crippen molar-refractivity contribution in [3.8, 4) is 11.3 Å². The topological polar surface area (TPSA) is 29.9 Å². The molecule has 2 heterocycles. The number of benzene rings is 2. The highest BCUT2D eigenvalue weighted by molar-refractivity contribution is 5.93. The van der Waals surface area contributed by atoms with Crippen LogP contribution in [0.15, 0.2) is 48.5 Å². The van der Waals surface area contributed by atoms with Crippen molar-refractivity contribution in [3.63, 3.8) is 0 Å². The molecule has 4 rings (SSSR count). The molecule has 1 fully saturated rings. The summed E-state index contributed by atoms with van der Waals surface area (Å²) < 4.78 is 40.3. The van der Waals surface area contributed by atoms with E-state index in [1.165, 1.54) is 12.1 Å². The number of halogens is 3. The Bertz CT molecular complexity index is 859. The van der Waals surface area contributed by atoms with E-state index in [0.29, 0.717) is 5.56 Å². The minimum absolute atomic E-state index is 0.276. The summed E-state index contributed by atoms with van der Waals surface area (Å²) in [5.41, 5.74) is 1.80. The van der Waals surface area contributed by atoms with Crippen molar-refractivity contribution in [2.45, 2.75) is 18.6 Å². The molecule has 1 aromatic heterocycles. The van der Waals surface area contributed by atoms with Gasteiger partial charge in [-0.05, 0) is 31.2 Å². The van der Waals surface area contributed by atoms with Crippen molar-refractivity contribution >= 4 is 10.9 Å². The molecule has 0 bridgehead atoms. The van der Waals surface area contributed by atoms with E-state index in [4.69, 9.17) is 5.10 Å². The zero-order valence-corrected chi connectivity index (χ0v) is 12.8. The van der Waals surface area contributed by atoms with Crippen LogP contribution in [0.4, 0.5) is 13.2 Å². The minimum Gasteiger partial charge on any atom is -0.315 e. The monoisotopic (exact) mass is 331 g/mol. The van der Waals surface area contributed by atoms with E-state index in [0.717, 1.165) is 48.2 Å². The highest BCUT2D eigenvalue weighted by atomic mass is 19.4. The number of fused-ring (bicyclic) bond motifs is 1. The minimum atomic E-state index is -4.32. The maximum Gasteiger partial charge on any atom is 0.416 e. The lowest BCUT2D eigenvalue weighted by Crippen LogP contribution is -2.14. The van der Waals surface area contributed by atoms with E-state index >= 15 is 0 Å². The predicted molar refractivity (Wildman–Crippen MR) is 86.7 cm³/mol. The maximum atomic E-state index is 12.8. The molecule has 6 heteroatoms. The molecule has 1 aliphatic heterocycles. The number of aromatic nitrogens is 2. The van der Waals surface area contributed by atoms with E-state index in [1.54, 1.807) is 0 Å². The molecule has 1 unspecified atom stereocenters. The molecule has 0 amide bonds. The SMILES string of the molecule is FC(F)(F)c1ccc(-c2nn(C3CCNC3)c3ccccc23)cc1. The number of hydrogen-bond donors (Lipinski definition) is 1. The van der Waals surface area contributed by atoms with E-state index in [9.17, 15) is 13.2 Å². The fourth-order valence-electron chi connectivity index (χ4n) is 3.25. The molecule has 24 heavy (non-hydrogen) atoms. The molecular formula is C18H16F3N3. The molecule has 0 aliphatic carbocycles. The van der Waals surface area contributed by atoms with Crippen molar-refractivity contribution in [1.29, 1.82) is 0 Å². The van der Waals surface area contributed by atoms with Crippen LogP contribution in [0, 0.1) is 0 Å². The Balaban J connectivity index is 1.82. The summed E-state index contributed by atoms with van der Waals surface area (Å²) in [4.78, 5) is 0. The third-order valence-corrected chi connectivity index (χ3v) is 4.48. The second-order valence-corrected chi connectivity index (χ2v) is 6.03. The lowest BCUT2D eigenvalue weighted by atomic mass is 10.1. The molecule has 0 saturated carbocycles. The second kappa shape index (κ2) is 5.63. The molecule has 3 nitrogen and oxygen atoms in total. The highest BCUT2D eigenvalue weighted by Crippen LogP contribution is 2.34. The molecule has 2 aromatic carbocycles. The molecule has 0 radical (unpaired) electrons. The molecule has 1 aliphatic rings. The fraction of sp³-hybridized carbons (Fsp3) is 0.278. The van der Waals surface area contributed by atoms with Gasteiger partial charge in [0.2, 0.25) is 0 Å². The molecular weight excluding hydrogens is 315 g/mol. The van der Waals surface area contributed by atoms with Crippen LogP contribution < -0.4 is 5.32 Å². The van der Waals surface area contributed by atoms with Gasteiger partial charge in [0.15, 0.2) is 0 Å². The number of para-hydroxylation sites is 1. The van der Waals surface area contributed by atoms with Gasteiger partial charge in [-0.1, -0.05) is 30.3 Å². The van der Waals surface area contributed by atoms with Crippen LogP contribution in [-0.2, 0) is 6.18 Å². The first-order valence-corrected chi connectivity index (χ1v) is 7.89. The number of hydrogen-bond acceptors (Lipinski definition) is 2. The summed E-state index contributed by atoms with van der Waals surface area (Å²) in [6.45, 7) is 1.81. The zero-order chi connectivity index (χ0) is 16.7. The average Bonchev–Trinajstić information content (AvgIpc) is 3.21. The average molecular weight is 331 g/mol. The summed E-state index contributed by atoms with van der Waals surface area (Å²) >= 11 is 0.